The Morgan fingerprint density at radius 3 is 2.42 bits per heavy atom. The van der Waals surface area contributed by atoms with Crippen LogP contribution in [0.25, 0.3) is 0 Å². The molecule has 0 aromatic heterocycles. The summed E-state index contributed by atoms with van der Waals surface area (Å²) in [5, 5.41) is 0. The number of rotatable bonds is 0. The number of urea groups is 1. The fourth-order valence-corrected chi connectivity index (χ4v) is 2.42. The molecule has 96 valence electrons. The zero-order chi connectivity index (χ0) is 13.4. The molecule has 0 unspecified atom stereocenters. The number of hydrogen-bond acceptors (Lipinski definition) is 2. The number of ketones is 1. The molecule has 0 bridgehead atoms. The SMILES string of the molecule is NC(=O)N1c2ccccc2CC(=O)c2ccccc21.[HH]. The second kappa shape index (κ2) is 4.24. The van der Waals surface area contributed by atoms with E-state index in [4.69, 9.17) is 5.73 Å². The maximum atomic E-state index is 12.3. The lowest BCUT2D eigenvalue weighted by Crippen LogP contribution is -2.32. The highest BCUT2D eigenvalue weighted by Gasteiger charge is 2.27. The number of primary amides is 1. The van der Waals surface area contributed by atoms with E-state index >= 15 is 0 Å². The first kappa shape index (κ1) is 11.5. The molecule has 19 heavy (non-hydrogen) atoms. The molecule has 3 rings (SSSR count). The number of nitrogens with zero attached hydrogens (tertiary/aromatic N) is 1. The summed E-state index contributed by atoms with van der Waals surface area (Å²) in [6.07, 6.45) is 0.275. The summed E-state index contributed by atoms with van der Waals surface area (Å²) in [6, 6.07) is 13.8. The van der Waals surface area contributed by atoms with Crippen molar-refractivity contribution in [1.29, 1.82) is 0 Å². The number of fused-ring (bicyclic) bond motifs is 2. The Morgan fingerprint density at radius 1 is 1.05 bits per heavy atom. The van der Waals surface area contributed by atoms with Crippen LogP contribution in [0, 0.1) is 0 Å². The van der Waals surface area contributed by atoms with Gasteiger partial charge in [0.1, 0.15) is 0 Å². The van der Waals surface area contributed by atoms with Crippen molar-refractivity contribution in [1.82, 2.24) is 0 Å². The van der Waals surface area contributed by atoms with Gasteiger partial charge in [0.2, 0.25) is 0 Å². The zero-order valence-corrected chi connectivity index (χ0v) is 10.2. The van der Waals surface area contributed by atoms with Gasteiger partial charge in [-0.05, 0) is 23.8 Å². The minimum Gasteiger partial charge on any atom is -0.351 e. The lowest BCUT2D eigenvalue weighted by molar-refractivity contribution is 0.0994. The van der Waals surface area contributed by atoms with E-state index in [1.54, 1.807) is 30.3 Å². The third kappa shape index (κ3) is 1.78. The molecule has 2 N–H and O–H groups in total. The first-order valence-electron chi connectivity index (χ1n) is 5.98. The number of carbonyl (C=O) groups is 2. The molecule has 0 spiro atoms. The van der Waals surface area contributed by atoms with Gasteiger partial charge in [-0.15, -0.1) is 0 Å². The number of hydrogen-bond donors (Lipinski definition) is 1. The molecule has 0 radical (unpaired) electrons. The fraction of sp³-hybridized carbons (Fsp3) is 0.0667. The number of Topliss-reactive ketones (excluding diaryl/α,β-unsaturated/α-hetero) is 1. The Kier molecular flexibility index (Phi) is 2.56. The Morgan fingerprint density at radius 2 is 1.68 bits per heavy atom. The van der Waals surface area contributed by atoms with E-state index in [1.807, 2.05) is 18.2 Å². The summed E-state index contributed by atoms with van der Waals surface area (Å²) < 4.78 is 0. The maximum Gasteiger partial charge on any atom is 0.323 e. The highest BCUT2D eigenvalue weighted by Crippen LogP contribution is 2.35. The highest BCUT2D eigenvalue weighted by atomic mass is 16.2. The van der Waals surface area contributed by atoms with E-state index in [9.17, 15) is 9.59 Å². The molecule has 2 aromatic carbocycles. The predicted octanol–water partition coefficient (Wildman–Crippen LogP) is 2.89. The van der Waals surface area contributed by atoms with Crippen molar-refractivity contribution >= 4 is 23.2 Å². The van der Waals surface area contributed by atoms with Crippen LogP contribution >= 0.6 is 0 Å². The van der Waals surface area contributed by atoms with Crippen molar-refractivity contribution in [2.45, 2.75) is 6.42 Å². The average Bonchev–Trinajstić information content (AvgIpc) is 2.53. The third-order valence-corrected chi connectivity index (χ3v) is 3.25. The van der Waals surface area contributed by atoms with E-state index in [1.165, 1.54) is 4.90 Å². The molecule has 4 nitrogen and oxygen atoms in total. The van der Waals surface area contributed by atoms with Crippen LogP contribution in [-0.4, -0.2) is 11.8 Å². The molecule has 1 heterocycles. The molecule has 2 aromatic rings. The molecule has 1 aliphatic heterocycles. The lowest BCUT2D eigenvalue weighted by atomic mass is 10.0. The van der Waals surface area contributed by atoms with Crippen LogP contribution in [0.4, 0.5) is 16.2 Å². The molecule has 0 aliphatic carbocycles. The fourth-order valence-electron chi connectivity index (χ4n) is 2.42. The van der Waals surface area contributed by atoms with Crippen LogP contribution in [0.2, 0.25) is 0 Å². The van der Waals surface area contributed by atoms with Gasteiger partial charge in [-0.25, -0.2) is 4.79 Å². The second-order valence-electron chi connectivity index (χ2n) is 4.42. The normalized spacial score (nSPS) is 13.5. The van der Waals surface area contributed by atoms with Crippen molar-refractivity contribution in [3.63, 3.8) is 0 Å². The summed E-state index contributed by atoms with van der Waals surface area (Å²) in [5.74, 6) is -0.00759. The Hall–Kier alpha value is -2.62. The van der Waals surface area contributed by atoms with E-state index in [0.717, 1.165) is 5.56 Å². The summed E-state index contributed by atoms with van der Waals surface area (Å²) >= 11 is 0. The van der Waals surface area contributed by atoms with Crippen molar-refractivity contribution in [3.05, 3.63) is 59.7 Å². The maximum absolute atomic E-state index is 12.3. The van der Waals surface area contributed by atoms with E-state index < -0.39 is 6.03 Å². The Balaban J connectivity index is 0.00000147. The van der Waals surface area contributed by atoms with Gasteiger partial charge in [-0.2, -0.15) is 0 Å². The quantitative estimate of drug-likeness (QED) is 0.785. The molecule has 2 amide bonds. The average molecular weight is 254 g/mol. The molecular formula is C15H14N2O2. The number of benzene rings is 2. The van der Waals surface area contributed by atoms with Crippen LogP contribution in [0.1, 0.15) is 17.3 Å². The number of carbonyl (C=O) groups excluding carboxylic acids is 2. The van der Waals surface area contributed by atoms with E-state index in [0.29, 0.717) is 16.9 Å². The Labute approximate surface area is 111 Å². The topological polar surface area (TPSA) is 63.4 Å². The van der Waals surface area contributed by atoms with Crippen molar-refractivity contribution in [2.75, 3.05) is 4.90 Å². The number of nitrogens with two attached hydrogens (primary N) is 1. The molecule has 0 saturated heterocycles. The molecule has 0 saturated carbocycles. The van der Waals surface area contributed by atoms with Gasteiger partial charge in [0.25, 0.3) is 0 Å². The van der Waals surface area contributed by atoms with Gasteiger partial charge in [0, 0.05) is 13.4 Å². The largest absolute Gasteiger partial charge is 0.351 e. The number of anilines is 2. The van der Waals surface area contributed by atoms with Gasteiger partial charge in [0.05, 0.1) is 11.4 Å². The summed E-state index contributed by atoms with van der Waals surface area (Å²) in [6.45, 7) is 0. The van der Waals surface area contributed by atoms with E-state index in [-0.39, 0.29) is 13.6 Å². The van der Waals surface area contributed by atoms with Gasteiger partial charge < -0.3 is 5.73 Å². The van der Waals surface area contributed by atoms with Crippen LogP contribution < -0.4 is 10.6 Å². The van der Waals surface area contributed by atoms with Crippen molar-refractivity contribution in [2.24, 2.45) is 5.73 Å². The smallest absolute Gasteiger partial charge is 0.323 e. The minimum atomic E-state index is -0.588. The standard InChI is InChI=1S/C15H12N2O2.H2/c16-15(19)17-12-7-3-1-5-10(12)9-14(18)11-6-2-4-8-13(11)17;/h1-8H,9H2,(H2,16,19);1H. The summed E-state index contributed by atoms with van der Waals surface area (Å²) in [7, 11) is 0. The van der Waals surface area contributed by atoms with Crippen LogP contribution in [0.5, 0.6) is 0 Å². The molecule has 0 atom stereocenters. The van der Waals surface area contributed by atoms with Gasteiger partial charge in [0.15, 0.2) is 5.78 Å². The second-order valence-corrected chi connectivity index (χ2v) is 4.42. The summed E-state index contributed by atoms with van der Waals surface area (Å²) in [4.78, 5) is 25.4. The zero-order valence-electron chi connectivity index (χ0n) is 10.2. The monoisotopic (exact) mass is 254 g/mol. The first-order valence-corrected chi connectivity index (χ1v) is 5.98. The van der Waals surface area contributed by atoms with Crippen LogP contribution in [0.3, 0.4) is 0 Å². The van der Waals surface area contributed by atoms with Crippen molar-refractivity contribution < 1.29 is 11.0 Å². The van der Waals surface area contributed by atoms with Gasteiger partial charge >= 0.3 is 6.03 Å². The van der Waals surface area contributed by atoms with E-state index in [2.05, 4.69) is 0 Å². The number of amides is 2. The Bertz CT molecular complexity index is 685. The first-order chi connectivity index (χ1) is 9.18. The molecule has 0 fully saturated rings. The molecular weight excluding hydrogens is 240 g/mol. The van der Waals surface area contributed by atoms with Gasteiger partial charge in [-0.1, -0.05) is 30.3 Å². The summed E-state index contributed by atoms with van der Waals surface area (Å²) in [5.41, 5.74) is 8.04. The predicted molar refractivity (Wildman–Crippen MR) is 74.8 cm³/mol. The highest BCUT2D eigenvalue weighted by molar-refractivity contribution is 6.11. The minimum absolute atomic E-state index is 0. The lowest BCUT2D eigenvalue weighted by Gasteiger charge is -2.22. The van der Waals surface area contributed by atoms with Crippen LogP contribution in [0.15, 0.2) is 48.5 Å². The van der Waals surface area contributed by atoms with Crippen LogP contribution in [-0.2, 0) is 6.42 Å². The van der Waals surface area contributed by atoms with Gasteiger partial charge in [-0.3, -0.25) is 9.69 Å². The van der Waals surface area contributed by atoms with Crippen molar-refractivity contribution in [3.8, 4) is 0 Å². The molecule has 1 aliphatic rings. The third-order valence-electron chi connectivity index (χ3n) is 3.25. The molecule has 4 heteroatoms. The number of para-hydroxylation sites is 2.